The molecule has 20 heavy (non-hydrogen) atoms. The Morgan fingerprint density at radius 1 is 1.40 bits per heavy atom. The van der Waals surface area contributed by atoms with Crippen LogP contribution in [0.4, 0.5) is 4.39 Å². The van der Waals surface area contributed by atoms with Gasteiger partial charge in [-0.25, -0.2) is 17.5 Å². The fraction of sp³-hybridized carbons (Fsp3) is 0.571. The van der Waals surface area contributed by atoms with Gasteiger partial charge in [-0.3, -0.25) is 0 Å². The van der Waals surface area contributed by atoms with Crippen LogP contribution in [0.1, 0.15) is 18.9 Å². The largest absolute Gasteiger partial charge is 0.381 e. The first-order valence-electron chi connectivity index (χ1n) is 6.84. The van der Waals surface area contributed by atoms with E-state index in [1.54, 1.807) is 25.1 Å². The standard InChI is InChI=1S/C14H20FNO3S/c1-2-16-20(17,18)14-7-8-19-10-12(14)9-11-5-3-4-6-13(11)15/h3-6,12,14,16H,2,7-10H2,1H3/t12-,14-/m0/s1. The van der Waals surface area contributed by atoms with E-state index in [4.69, 9.17) is 4.74 Å². The van der Waals surface area contributed by atoms with Crippen LogP contribution in [0.3, 0.4) is 0 Å². The summed E-state index contributed by atoms with van der Waals surface area (Å²) in [5, 5.41) is -0.518. The maximum absolute atomic E-state index is 13.7. The molecule has 6 heteroatoms. The lowest BCUT2D eigenvalue weighted by Gasteiger charge is -2.31. The SMILES string of the molecule is CCNS(=O)(=O)[C@H]1CCOC[C@@H]1Cc1ccccc1F. The Morgan fingerprint density at radius 2 is 2.15 bits per heavy atom. The molecular formula is C14H20FNO3S. The van der Waals surface area contributed by atoms with E-state index in [2.05, 4.69) is 4.72 Å². The number of ether oxygens (including phenoxy) is 1. The third-order valence-electron chi connectivity index (χ3n) is 3.59. The van der Waals surface area contributed by atoms with Crippen LogP contribution >= 0.6 is 0 Å². The molecule has 0 saturated carbocycles. The predicted octanol–water partition coefficient (Wildman–Crippen LogP) is 1.71. The summed E-state index contributed by atoms with van der Waals surface area (Å²) in [5.41, 5.74) is 0.541. The summed E-state index contributed by atoms with van der Waals surface area (Å²) in [6, 6.07) is 6.48. The van der Waals surface area contributed by atoms with Crippen molar-refractivity contribution in [2.45, 2.75) is 25.0 Å². The molecule has 1 aliphatic heterocycles. The minimum absolute atomic E-state index is 0.218. The highest BCUT2D eigenvalue weighted by Crippen LogP contribution is 2.25. The van der Waals surface area contributed by atoms with Crippen LogP contribution in [-0.2, 0) is 21.2 Å². The van der Waals surface area contributed by atoms with Gasteiger partial charge in [-0.2, -0.15) is 0 Å². The molecule has 0 amide bonds. The number of hydrogen-bond donors (Lipinski definition) is 1. The Labute approximate surface area is 119 Å². The average Bonchev–Trinajstić information content (AvgIpc) is 2.42. The van der Waals surface area contributed by atoms with E-state index in [0.29, 0.717) is 38.2 Å². The second-order valence-corrected chi connectivity index (χ2v) is 6.98. The number of rotatable bonds is 5. The van der Waals surface area contributed by atoms with Crippen molar-refractivity contribution >= 4 is 10.0 Å². The van der Waals surface area contributed by atoms with Gasteiger partial charge >= 0.3 is 0 Å². The Kier molecular flexibility index (Phi) is 5.12. The Balaban J connectivity index is 2.18. The quantitative estimate of drug-likeness (QED) is 0.901. The van der Waals surface area contributed by atoms with Gasteiger partial charge in [0.15, 0.2) is 0 Å². The summed E-state index contributed by atoms with van der Waals surface area (Å²) in [4.78, 5) is 0. The molecule has 0 spiro atoms. The molecule has 0 bridgehead atoms. The highest BCUT2D eigenvalue weighted by molar-refractivity contribution is 7.90. The maximum atomic E-state index is 13.7. The second-order valence-electron chi connectivity index (χ2n) is 5.00. The average molecular weight is 301 g/mol. The summed E-state index contributed by atoms with van der Waals surface area (Å²) in [5.74, 6) is -0.512. The zero-order valence-electron chi connectivity index (χ0n) is 11.5. The molecule has 0 aliphatic carbocycles. The maximum Gasteiger partial charge on any atom is 0.214 e. The minimum atomic E-state index is -3.37. The summed E-state index contributed by atoms with van der Waals surface area (Å²) < 4.78 is 46.1. The smallest absolute Gasteiger partial charge is 0.214 e. The molecule has 4 nitrogen and oxygen atoms in total. The predicted molar refractivity (Wildman–Crippen MR) is 75.4 cm³/mol. The molecule has 1 aromatic carbocycles. The van der Waals surface area contributed by atoms with Gasteiger partial charge in [0.25, 0.3) is 0 Å². The van der Waals surface area contributed by atoms with Gasteiger partial charge in [0.05, 0.1) is 11.9 Å². The fourth-order valence-electron chi connectivity index (χ4n) is 2.63. The molecular weight excluding hydrogens is 281 g/mol. The number of benzene rings is 1. The molecule has 1 heterocycles. The Morgan fingerprint density at radius 3 is 2.85 bits per heavy atom. The van der Waals surface area contributed by atoms with E-state index in [9.17, 15) is 12.8 Å². The highest BCUT2D eigenvalue weighted by Gasteiger charge is 2.36. The molecule has 1 N–H and O–H groups in total. The molecule has 2 rings (SSSR count). The lowest BCUT2D eigenvalue weighted by molar-refractivity contribution is 0.0567. The summed E-state index contributed by atoms with van der Waals surface area (Å²) >= 11 is 0. The molecule has 0 radical (unpaired) electrons. The van der Waals surface area contributed by atoms with Gasteiger partial charge in [0.2, 0.25) is 10.0 Å². The molecule has 1 aliphatic rings. The first kappa shape index (κ1) is 15.4. The van der Waals surface area contributed by atoms with E-state index in [0.717, 1.165) is 0 Å². The zero-order chi connectivity index (χ0) is 14.6. The number of nitrogens with one attached hydrogen (secondary N) is 1. The van der Waals surface area contributed by atoms with E-state index < -0.39 is 15.3 Å². The van der Waals surface area contributed by atoms with Crippen LogP contribution < -0.4 is 4.72 Å². The van der Waals surface area contributed by atoms with Crippen LogP contribution in [-0.4, -0.2) is 33.4 Å². The van der Waals surface area contributed by atoms with Gasteiger partial charge in [-0.15, -0.1) is 0 Å². The van der Waals surface area contributed by atoms with Crippen LogP contribution in [0, 0.1) is 11.7 Å². The first-order valence-corrected chi connectivity index (χ1v) is 8.39. The van der Waals surface area contributed by atoms with Crippen molar-refractivity contribution in [3.63, 3.8) is 0 Å². The van der Waals surface area contributed by atoms with Crippen molar-refractivity contribution in [3.8, 4) is 0 Å². The lowest BCUT2D eigenvalue weighted by atomic mass is 9.93. The normalized spacial score (nSPS) is 23.7. The molecule has 1 fully saturated rings. The summed E-state index contributed by atoms with van der Waals surface area (Å²) in [6.45, 7) is 2.90. The van der Waals surface area contributed by atoms with Crippen molar-refractivity contribution in [1.82, 2.24) is 4.72 Å². The lowest BCUT2D eigenvalue weighted by Crippen LogP contribution is -2.44. The van der Waals surface area contributed by atoms with Crippen molar-refractivity contribution in [1.29, 1.82) is 0 Å². The number of sulfonamides is 1. The van der Waals surface area contributed by atoms with E-state index in [1.807, 2.05) is 0 Å². The summed E-state index contributed by atoms with van der Waals surface area (Å²) in [7, 11) is -3.37. The topological polar surface area (TPSA) is 55.4 Å². The van der Waals surface area contributed by atoms with Crippen molar-refractivity contribution in [2.75, 3.05) is 19.8 Å². The number of hydrogen-bond acceptors (Lipinski definition) is 3. The third kappa shape index (κ3) is 3.56. The van der Waals surface area contributed by atoms with Crippen molar-refractivity contribution in [3.05, 3.63) is 35.6 Å². The van der Waals surface area contributed by atoms with Crippen LogP contribution in [0.15, 0.2) is 24.3 Å². The van der Waals surface area contributed by atoms with E-state index >= 15 is 0 Å². The fourth-order valence-corrected chi connectivity index (χ4v) is 4.34. The summed E-state index contributed by atoms with van der Waals surface area (Å²) in [6.07, 6.45) is 0.830. The highest BCUT2D eigenvalue weighted by atomic mass is 32.2. The molecule has 2 atom stereocenters. The van der Waals surface area contributed by atoms with Gasteiger partial charge in [-0.1, -0.05) is 25.1 Å². The second kappa shape index (κ2) is 6.65. The van der Waals surface area contributed by atoms with Gasteiger partial charge in [0, 0.05) is 19.1 Å². The van der Waals surface area contributed by atoms with Crippen LogP contribution in [0.2, 0.25) is 0 Å². The van der Waals surface area contributed by atoms with Crippen molar-refractivity contribution < 1.29 is 17.5 Å². The molecule has 1 saturated heterocycles. The first-order chi connectivity index (χ1) is 9.54. The zero-order valence-corrected chi connectivity index (χ0v) is 12.3. The minimum Gasteiger partial charge on any atom is -0.381 e. The molecule has 0 aromatic heterocycles. The van der Waals surface area contributed by atoms with E-state index in [-0.39, 0.29) is 11.7 Å². The molecule has 0 unspecified atom stereocenters. The van der Waals surface area contributed by atoms with Crippen LogP contribution in [0.25, 0.3) is 0 Å². The Hall–Kier alpha value is -0.980. The van der Waals surface area contributed by atoms with Gasteiger partial charge < -0.3 is 4.74 Å². The monoisotopic (exact) mass is 301 g/mol. The Bertz CT molecular complexity index is 547. The van der Waals surface area contributed by atoms with Gasteiger partial charge in [-0.05, 0) is 24.5 Å². The molecule has 1 aromatic rings. The van der Waals surface area contributed by atoms with Crippen molar-refractivity contribution in [2.24, 2.45) is 5.92 Å². The van der Waals surface area contributed by atoms with Crippen LogP contribution in [0.5, 0.6) is 0 Å². The number of halogens is 1. The third-order valence-corrected chi connectivity index (χ3v) is 5.70. The van der Waals surface area contributed by atoms with E-state index in [1.165, 1.54) is 6.07 Å². The molecule has 112 valence electrons. The van der Waals surface area contributed by atoms with Gasteiger partial charge in [0.1, 0.15) is 5.82 Å².